The van der Waals surface area contributed by atoms with E-state index in [1.807, 2.05) is 0 Å². The molecule has 2 rings (SSSR count). The highest BCUT2D eigenvalue weighted by atomic mass is 16.6. The van der Waals surface area contributed by atoms with Crippen molar-refractivity contribution in [2.75, 3.05) is 0 Å². The van der Waals surface area contributed by atoms with Crippen molar-refractivity contribution in [2.45, 2.75) is 59.8 Å². The second kappa shape index (κ2) is 5.65. The van der Waals surface area contributed by atoms with Gasteiger partial charge in [-0.25, -0.2) is 0 Å². The summed E-state index contributed by atoms with van der Waals surface area (Å²) in [4.78, 5) is 22.0. The van der Waals surface area contributed by atoms with Crippen molar-refractivity contribution < 1.29 is 14.3 Å². The molecule has 98 valence electrons. The number of cyclic esters (lactones) is 2. The second-order valence-electron chi connectivity index (χ2n) is 6.15. The molecule has 0 amide bonds. The van der Waals surface area contributed by atoms with Gasteiger partial charge in [0.15, 0.2) is 0 Å². The van der Waals surface area contributed by atoms with Gasteiger partial charge in [0.05, 0.1) is 11.8 Å². The quantitative estimate of drug-likeness (QED) is 0.482. The minimum absolute atomic E-state index is 0.101. The highest BCUT2D eigenvalue weighted by Gasteiger charge is 2.44. The summed E-state index contributed by atoms with van der Waals surface area (Å²) < 4.78 is 4.53. The van der Waals surface area contributed by atoms with Gasteiger partial charge in [-0.1, -0.05) is 47.0 Å². The van der Waals surface area contributed by atoms with Crippen LogP contribution < -0.4 is 0 Å². The van der Waals surface area contributed by atoms with Gasteiger partial charge in [0.25, 0.3) is 0 Å². The molecule has 2 aliphatic rings. The van der Waals surface area contributed by atoms with E-state index in [0.29, 0.717) is 5.41 Å². The summed E-state index contributed by atoms with van der Waals surface area (Å²) in [5, 5.41) is 0. The van der Waals surface area contributed by atoms with Crippen LogP contribution >= 0.6 is 0 Å². The van der Waals surface area contributed by atoms with Crippen LogP contribution in [0.15, 0.2) is 0 Å². The van der Waals surface area contributed by atoms with Gasteiger partial charge in [0, 0.05) is 0 Å². The fourth-order valence-corrected chi connectivity index (χ4v) is 1.95. The van der Waals surface area contributed by atoms with Crippen LogP contribution in [-0.2, 0) is 14.3 Å². The predicted octanol–water partition coefficient (Wildman–Crippen LogP) is 3.32. The maximum Gasteiger partial charge on any atom is 0.317 e. The van der Waals surface area contributed by atoms with E-state index in [0.717, 1.165) is 25.7 Å². The number of rotatable bonds is 0. The van der Waals surface area contributed by atoms with E-state index in [4.69, 9.17) is 0 Å². The van der Waals surface area contributed by atoms with E-state index >= 15 is 0 Å². The summed E-state index contributed by atoms with van der Waals surface area (Å²) in [6.07, 6.45) is 5.07. The number of esters is 2. The molecule has 0 bridgehead atoms. The molecule has 0 spiro atoms. The number of hydrogen-bond acceptors (Lipinski definition) is 3. The van der Waals surface area contributed by atoms with Gasteiger partial charge >= 0.3 is 11.9 Å². The average Bonchev–Trinajstić information content (AvgIpc) is 2.56. The van der Waals surface area contributed by atoms with Crippen molar-refractivity contribution in [1.82, 2.24) is 0 Å². The van der Waals surface area contributed by atoms with E-state index < -0.39 is 0 Å². The van der Waals surface area contributed by atoms with Gasteiger partial charge in [-0.05, 0) is 18.3 Å². The summed E-state index contributed by atoms with van der Waals surface area (Å²) in [7, 11) is 0. The first-order valence-electron chi connectivity index (χ1n) is 6.60. The summed E-state index contributed by atoms with van der Waals surface area (Å²) in [5.74, 6) is -0.785. The Morgan fingerprint density at radius 3 is 1.71 bits per heavy atom. The first-order valence-corrected chi connectivity index (χ1v) is 6.60. The molecule has 1 saturated heterocycles. The molecule has 0 aromatic heterocycles. The number of carbonyl (C=O) groups is 2. The molecule has 0 radical (unpaired) electrons. The fourth-order valence-electron chi connectivity index (χ4n) is 1.95. The zero-order valence-corrected chi connectivity index (χ0v) is 11.4. The normalized spacial score (nSPS) is 28.0. The Balaban J connectivity index is 0.000000209. The molecule has 17 heavy (non-hydrogen) atoms. The number of carbonyl (C=O) groups excluding carboxylic acids is 2. The van der Waals surface area contributed by atoms with Gasteiger partial charge in [-0.3, -0.25) is 9.59 Å². The Morgan fingerprint density at radius 1 is 1.06 bits per heavy atom. The average molecular weight is 240 g/mol. The lowest BCUT2D eigenvalue weighted by Gasteiger charge is -2.18. The third kappa shape index (κ3) is 4.14. The first kappa shape index (κ1) is 14.2. The molecule has 1 aliphatic carbocycles. The highest BCUT2D eigenvalue weighted by Crippen LogP contribution is 2.36. The predicted molar refractivity (Wildman–Crippen MR) is 66.3 cm³/mol. The van der Waals surface area contributed by atoms with Crippen LogP contribution in [-0.4, -0.2) is 11.9 Å². The summed E-state index contributed by atoms with van der Waals surface area (Å²) in [5.41, 5.74) is 0.542. The van der Waals surface area contributed by atoms with Crippen LogP contribution in [0.4, 0.5) is 0 Å². The number of hydrogen-bond donors (Lipinski definition) is 0. The zero-order chi connectivity index (χ0) is 13.1. The highest BCUT2D eigenvalue weighted by molar-refractivity contribution is 5.96. The maximum absolute atomic E-state index is 11.0. The Morgan fingerprint density at radius 2 is 1.41 bits per heavy atom. The molecule has 0 aromatic carbocycles. The molecular formula is C14H24O3. The van der Waals surface area contributed by atoms with E-state index in [-0.39, 0.29) is 23.8 Å². The Hall–Kier alpha value is -0.860. The van der Waals surface area contributed by atoms with Crippen LogP contribution in [0.5, 0.6) is 0 Å². The lowest BCUT2D eigenvalue weighted by Crippen LogP contribution is -2.21. The smallest absolute Gasteiger partial charge is 0.317 e. The molecule has 3 heteroatoms. The zero-order valence-electron chi connectivity index (χ0n) is 11.4. The number of ether oxygens (including phenoxy) is 1. The molecule has 3 nitrogen and oxygen atoms in total. The Bertz CT molecular complexity index is 266. The van der Waals surface area contributed by atoms with Crippen LogP contribution in [0.25, 0.3) is 0 Å². The van der Waals surface area contributed by atoms with Gasteiger partial charge < -0.3 is 4.74 Å². The minimum Gasteiger partial charge on any atom is -0.393 e. The summed E-state index contributed by atoms with van der Waals surface area (Å²) in [6.45, 7) is 8.94. The van der Waals surface area contributed by atoms with Crippen molar-refractivity contribution >= 4 is 11.9 Å². The summed E-state index contributed by atoms with van der Waals surface area (Å²) in [6, 6.07) is 0. The molecule has 1 heterocycles. The van der Waals surface area contributed by atoms with E-state index in [9.17, 15) is 9.59 Å². The monoisotopic (exact) mass is 240 g/mol. The molecule has 0 N–H and O–H groups in total. The van der Waals surface area contributed by atoms with Crippen LogP contribution in [0.1, 0.15) is 59.8 Å². The molecule has 1 saturated carbocycles. The third-order valence-electron chi connectivity index (χ3n) is 3.63. The van der Waals surface area contributed by atoms with Crippen LogP contribution in [0.3, 0.4) is 0 Å². The lowest BCUT2D eigenvalue weighted by molar-refractivity contribution is -0.153. The fraction of sp³-hybridized carbons (Fsp3) is 0.857. The molecule has 0 aromatic rings. The minimum atomic E-state index is -0.292. The van der Waals surface area contributed by atoms with Crippen molar-refractivity contribution in [3.8, 4) is 0 Å². The Labute approximate surface area is 104 Å². The maximum atomic E-state index is 11.0. The van der Waals surface area contributed by atoms with E-state index in [2.05, 4.69) is 32.4 Å². The van der Waals surface area contributed by atoms with Crippen molar-refractivity contribution in [1.29, 1.82) is 0 Å². The van der Waals surface area contributed by atoms with Crippen molar-refractivity contribution in [3.63, 3.8) is 0 Å². The lowest BCUT2D eigenvalue weighted by atomic mass is 9.81. The largest absolute Gasteiger partial charge is 0.393 e. The van der Waals surface area contributed by atoms with E-state index in [1.54, 1.807) is 0 Å². The SMILES string of the molecule is CCC(C)(C)C.O=C1OC(=O)[C@@H]2CCCCC12. The second-order valence-corrected chi connectivity index (χ2v) is 6.15. The molecule has 2 fully saturated rings. The molecule has 2 atom stereocenters. The molecule has 1 unspecified atom stereocenters. The standard InChI is InChI=1S/C8H10O3.C6H14/c9-7-5-3-1-2-4-6(5)8(10)11-7;1-5-6(2,3)4/h5-6H,1-4H2;5H2,1-4H3/t5-,6?;/m1./s1. The third-order valence-corrected chi connectivity index (χ3v) is 3.63. The molecule has 1 aliphatic heterocycles. The van der Waals surface area contributed by atoms with Crippen LogP contribution in [0.2, 0.25) is 0 Å². The van der Waals surface area contributed by atoms with Gasteiger partial charge in [-0.2, -0.15) is 0 Å². The van der Waals surface area contributed by atoms with E-state index in [1.165, 1.54) is 6.42 Å². The first-order chi connectivity index (χ1) is 7.85. The Kier molecular flexibility index (Phi) is 4.72. The van der Waals surface area contributed by atoms with Crippen molar-refractivity contribution in [3.05, 3.63) is 0 Å². The van der Waals surface area contributed by atoms with Crippen molar-refractivity contribution in [2.24, 2.45) is 17.3 Å². The van der Waals surface area contributed by atoms with Gasteiger partial charge in [0.1, 0.15) is 0 Å². The summed E-state index contributed by atoms with van der Waals surface area (Å²) >= 11 is 0. The number of fused-ring (bicyclic) bond motifs is 1. The molecular weight excluding hydrogens is 216 g/mol. The van der Waals surface area contributed by atoms with Gasteiger partial charge in [-0.15, -0.1) is 0 Å². The van der Waals surface area contributed by atoms with Crippen LogP contribution in [0, 0.1) is 17.3 Å². The topological polar surface area (TPSA) is 43.4 Å². The van der Waals surface area contributed by atoms with Gasteiger partial charge in [0.2, 0.25) is 0 Å².